The molecule has 1 saturated heterocycles. The van der Waals surface area contributed by atoms with Crippen molar-refractivity contribution in [3.63, 3.8) is 0 Å². The van der Waals surface area contributed by atoms with E-state index in [2.05, 4.69) is 0 Å². The molecule has 174 valence electrons. The first-order valence-corrected chi connectivity index (χ1v) is 11.0. The third-order valence-corrected chi connectivity index (χ3v) is 5.55. The number of nitrogens with two attached hydrogens (primary N) is 1. The highest BCUT2D eigenvalue weighted by molar-refractivity contribution is 6.34. The summed E-state index contributed by atoms with van der Waals surface area (Å²) in [5.41, 5.74) is 5.58. The summed E-state index contributed by atoms with van der Waals surface area (Å²) in [5, 5.41) is 0.0182. The van der Waals surface area contributed by atoms with Gasteiger partial charge in [0.25, 0.3) is 0 Å². The van der Waals surface area contributed by atoms with Crippen LogP contribution in [0.2, 0.25) is 5.02 Å². The maximum absolute atomic E-state index is 14.8. The second-order valence-corrected chi connectivity index (χ2v) is 9.01. The van der Waals surface area contributed by atoms with Crippen molar-refractivity contribution in [1.82, 2.24) is 9.80 Å². The summed E-state index contributed by atoms with van der Waals surface area (Å²) in [6.07, 6.45) is 1.33. The number of likely N-dealkylation sites (tertiary alicyclic amines) is 1. The van der Waals surface area contributed by atoms with Crippen LogP contribution in [0, 0.1) is 5.82 Å². The van der Waals surface area contributed by atoms with Crippen molar-refractivity contribution < 1.29 is 23.5 Å². The molecule has 0 aromatic heterocycles. The number of esters is 1. The van der Waals surface area contributed by atoms with Gasteiger partial charge >= 0.3 is 12.1 Å². The highest BCUT2D eigenvalue weighted by Gasteiger charge is 2.31. The first kappa shape index (κ1) is 25.2. The number of likely N-dealkylation sites (N-methyl/N-ethyl adjacent to an activating group) is 1. The van der Waals surface area contributed by atoms with Crippen LogP contribution in [-0.2, 0) is 16.0 Å². The maximum atomic E-state index is 14.8. The van der Waals surface area contributed by atoms with Crippen molar-refractivity contribution in [3.8, 4) is 0 Å². The molecule has 1 aromatic carbocycles. The first-order valence-electron chi connectivity index (χ1n) is 10.6. The van der Waals surface area contributed by atoms with Gasteiger partial charge in [0.15, 0.2) is 0 Å². The van der Waals surface area contributed by atoms with E-state index >= 15 is 0 Å². The highest BCUT2D eigenvalue weighted by atomic mass is 35.5. The zero-order valence-corrected chi connectivity index (χ0v) is 19.7. The summed E-state index contributed by atoms with van der Waals surface area (Å²) >= 11 is 6.33. The molecule has 7 nitrogen and oxygen atoms in total. The van der Waals surface area contributed by atoms with Gasteiger partial charge in [0.05, 0.1) is 22.9 Å². The van der Waals surface area contributed by atoms with Crippen LogP contribution < -0.4 is 5.73 Å². The molecule has 0 spiro atoms. The number of ether oxygens (including phenoxy) is 2. The van der Waals surface area contributed by atoms with Crippen molar-refractivity contribution in [2.75, 3.05) is 32.0 Å². The lowest BCUT2D eigenvalue weighted by molar-refractivity contribution is 0.00710. The lowest BCUT2D eigenvalue weighted by Gasteiger charge is -2.39. The second kappa shape index (κ2) is 10.5. The van der Waals surface area contributed by atoms with Gasteiger partial charge in [-0.3, -0.25) is 4.90 Å². The van der Waals surface area contributed by atoms with E-state index in [0.717, 1.165) is 25.5 Å². The van der Waals surface area contributed by atoms with Crippen LogP contribution in [0.5, 0.6) is 0 Å². The van der Waals surface area contributed by atoms with Crippen molar-refractivity contribution in [2.24, 2.45) is 0 Å². The molecule has 0 aliphatic carbocycles. The quantitative estimate of drug-likeness (QED) is 0.501. The summed E-state index contributed by atoms with van der Waals surface area (Å²) in [7, 11) is 0. The normalized spacial score (nSPS) is 17.3. The predicted molar refractivity (Wildman–Crippen MR) is 119 cm³/mol. The lowest BCUT2D eigenvalue weighted by Crippen LogP contribution is -2.51. The number of anilines is 1. The Morgan fingerprint density at radius 2 is 2.03 bits per heavy atom. The Labute approximate surface area is 188 Å². The topological polar surface area (TPSA) is 85.1 Å². The smallest absolute Gasteiger partial charge is 0.410 e. The van der Waals surface area contributed by atoms with Crippen LogP contribution in [0.3, 0.4) is 0 Å². The van der Waals surface area contributed by atoms with Crippen LogP contribution in [0.4, 0.5) is 14.9 Å². The fourth-order valence-corrected chi connectivity index (χ4v) is 3.96. The second-order valence-electron chi connectivity index (χ2n) is 8.63. The zero-order valence-electron chi connectivity index (χ0n) is 19.0. The molecule has 1 aliphatic rings. The Morgan fingerprint density at radius 3 is 2.61 bits per heavy atom. The Bertz CT molecular complexity index is 813. The molecule has 1 atom stereocenters. The molecule has 2 N–H and O–H groups in total. The van der Waals surface area contributed by atoms with Gasteiger partial charge < -0.3 is 20.1 Å². The Hall–Kier alpha value is -2.06. The Kier molecular flexibility index (Phi) is 8.54. The molecular weight excluding hydrogens is 425 g/mol. The molecule has 2 rings (SSSR count). The number of piperidine rings is 1. The van der Waals surface area contributed by atoms with Crippen LogP contribution in [0.25, 0.3) is 0 Å². The number of benzene rings is 1. The fourth-order valence-electron chi connectivity index (χ4n) is 3.71. The molecule has 0 bridgehead atoms. The SMILES string of the molecule is CCOC(=O)c1cc(F)c(CN2CCC[C@H](N(CC)C(=O)OC(C)(C)C)C2)c(Cl)c1N. The monoisotopic (exact) mass is 457 g/mol. The van der Waals surface area contributed by atoms with Gasteiger partial charge in [-0.15, -0.1) is 0 Å². The first-order chi connectivity index (χ1) is 14.5. The van der Waals surface area contributed by atoms with Crippen LogP contribution in [-0.4, -0.2) is 59.7 Å². The van der Waals surface area contributed by atoms with Crippen LogP contribution >= 0.6 is 11.6 Å². The van der Waals surface area contributed by atoms with Crippen molar-refractivity contribution in [3.05, 3.63) is 28.0 Å². The molecule has 0 unspecified atom stereocenters. The average Bonchev–Trinajstić information content (AvgIpc) is 2.67. The fraction of sp³-hybridized carbons (Fsp3) is 0.636. The minimum absolute atomic E-state index is 0.00835. The van der Waals surface area contributed by atoms with Crippen LogP contribution in [0.1, 0.15) is 63.4 Å². The van der Waals surface area contributed by atoms with E-state index in [1.807, 2.05) is 32.6 Å². The number of hydrogen-bond donors (Lipinski definition) is 1. The average molecular weight is 458 g/mol. The van der Waals surface area contributed by atoms with E-state index in [0.29, 0.717) is 13.1 Å². The van der Waals surface area contributed by atoms with E-state index in [4.69, 9.17) is 26.8 Å². The van der Waals surface area contributed by atoms with Gasteiger partial charge in [-0.2, -0.15) is 0 Å². The molecular formula is C22H33ClFN3O4. The number of amides is 1. The van der Waals surface area contributed by atoms with Gasteiger partial charge in [-0.25, -0.2) is 14.0 Å². The largest absolute Gasteiger partial charge is 0.462 e. The van der Waals surface area contributed by atoms with E-state index in [-0.39, 0.29) is 47.1 Å². The van der Waals surface area contributed by atoms with Gasteiger partial charge in [-0.05, 0) is 60.1 Å². The third-order valence-electron chi connectivity index (χ3n) is 5.12. The minimum Gasteiger partial charge on any atom is -0.462 e. The number of carbonyl (C=O) groups excluding carboxylic acids is 2. The molecule has 1 aliphatic heterocycles. The zero-order chi connectivity index (χ0) is 23.3. The Morgan fingerprint density at radius 1 is 1.35 bits per heavy atom. The number of halogens is 2. The number of nitrogen functional groups attached to an aromatic ring is 1. The third kappa shape index (κ3) is 6.46. The number of rotatable bonds is 6. The molecule has 1 fully saturated rings. The van der Waals surface area contributed by atoms with Crippen molar-refractivity contribution in [1.29, 1.82) is 0 Å². The van der Waals surface area contributed by atoms with Crippen LogP contribution in [0.15, 0.2) is 6.07 Å². The molecule has 0 saturated carbocycles. The van der Waals surface area contributed by atoms with Gasteiger partial charge in [0.1, 0.15) is 11.4 Å². The lowest BCUT2D eigenvalue weighted by atomic mass is 10.0. The van der Waals surface area contributed by atoms with Crippen molar-refractivity contribution in [2.45, 2.75) is 65.6 Å². The summed E-state index contributed by atoms with van der Waals surface area (Å²) in [4.78, 5) is 28.4. The standard InChI is InChI=1S/C22H33ClFN3O4/c1-6-27(21(29)31-22(3,4)5)14-9-8-10-26(12-14)13-16-17(24)11-15(19(25)18(16)23)20(28)30-7-2/h11,14H,6-10,12-13,25H2,1-5H3/t14-/m0/s1. The summed E-state index contributed by atoms with van der Waals surface area (Å²) in [6.45, 7) is 11.3. The summed E-state index contributed by atoms with van der Waals surface area (Å²) in [6, 6.07) is 1.03. The molecule has 9 heteroatoms. The number of nitrogens with zero attached hydrogens (tertiary/aromatic N) is 2. The minimum atomic E-state index is -0.707. The molecule has 1 aromatic rings. The molecule has 0 radical (unpaired) electrons. The number of carbonyl (C=O) groups is 2. The van der Waals surface area contributed by atoms with Gasteiger partial charge in [0, 0.05) is 31.2 Å². The van der Waals surface area contributed by atoms with E-state index in [1.54, 1.807) is 11.8 Å². The van der Waals surface area contributed by atoms with Crippen molar-refractivity contribution >= 4 is 29.4 Å². The molecule has 1 heterocycles. The predicted octanol–water partition coefficient (Wildman–Crippen LogP) is 4.46. The van der Waals surface area contributed by atoms with E-state index in [9.17, 15) is 14.0 Å². The summed E-state index contributed by atoms with van der Waals surface area (Å²) in [5.74, 6) is -1.31. The van der Waals surface area contributed by atoms with E-state index < -0.39 is 17.4 Å². The summed E-state index contributed by atoms with van der Waals surface area (Å²) < 4.78 is 25.3. The maximum Gasteiger partial charge on any atom is 0.410 e. The Balaban J connectivity index is 2.17. The van der Waals surface area contributed by atoms with Gasteiger partial charge in [-0.1, -0.05) is 11.6 Å². The highest BCUT2D eigenvalue weighted by Crippen LogP contribution is 2.32. The van der Waals surface area contributed by atoms with E-state index in [1.165, 1.54) is 0 Å². The van der Waals surface area contributed by atoms with Gasteiger partial charge in [0.2, 0.25) is 0 Å². The molecule has 31 heavy (non-hydrogen) atoms. The number of hydrogen-bond acceptors (Lipinski definition) is 6. The molecule has 1 amide bonds.